The zero-order chi connectivity index (χ0) is 16.6. The molecule has 0 amide bonds. The normalized spacial score (nSPS) is 27.7. The molecule has 24 heavy (non-hydrogen) atoms. The lowest BCUT2D eigenvalue weighted by Crippen LogP contribution is -2.67. The summed E-state index contributed by atoms with van der Waals surface area (Å²) in [6.07, 6.45) is 1.56. The Labute approximate surface area is 163 Å². The maximum absolute atomic E-state index is 5.89. The number of rotatable bonds is 3. The molecule has 2 fully saturated rings. The minimum Gasteiger partial charge on any atom is -0.377 e. The smallest absolute Gasteiger partial charge is 0.193 e. The molecule has 1 N–H and O–H groups in total. The van der Waals surface area contributed by atoms with Gasteiger partial charge < -0.3 is 15.0 Å². The number of nitrogens with zero attached hydrogens (tertiary/aromatic N) is 2. The lowest BCUT2D eigenvalue weighted by molar-refractivity contribution is -0.107. The number of fused-ring (bicyclic) bond motifs is 1. The Kier molecular flexibility index (Phi) is 6.18. The molecule has 0 radical (unpaired) electrons. The van der Waals surface area contributed by atoms with Crippen molar-refractivity contribution in [1.29, 1.82) is 0 Å². The van der Waals surface area contributed by atoms with Gasteiger partial charge in [0.2, 0.25) is 0 Å². The molecule has 3 rings (SSSR count). The fraction of sp³-hybridized carbons (Fsp3) is 0.632. The number of nitrogens with one attached hydrogen (secondary N) is 1. The Bertz CT molecular complexity index is 585. The van der Waals surface area contributed by atoms with Crippen LogP contribution in [-0.2, 0) is 11.3 Å². The highest BCUT2D eigenvalue weighted by molar-refractivity contribution is 14.0. The highest BCUT2D eigenvalue weighted by atomic mass is 127. The monoisotopic (exact) mass is 443 g/mol. The topological polar surface area (TPSA) is 36.9 Å². The van der Waals surface area contributed by atoms with E-state index in [1.807, 2.05) is 7.05 Å². The van der Waals surface area contributed by atoms with Crippen LogP contribution >= 0.6 is 24.0 Å². The zero-order valence-corrected chi connectivity index (χ0v) is 17.7. The van der Waals surface area contributed by atoms with Gasteiger partial charge in [-0.1, -0.05) is 43.7 Å². The summed E-state index contributed by atoms with van der Waals surface area (Å²) in [5.41, 5.74) is 2.76. The van der Waals surface area contributed by atoms with Crippen molar-refractivity contribution in [2.75, 3.05) is 20.7 Å². The number of hydrogen-bond donors (Lipinski definition) is 1. The van der Waals surface area contributed by atoms with E-state index in [1.165, 1.54) is 11.1 Å². The Hall–Kier alpha value is -0.820. The molecule has 0 aromatic heterocycles. The van der Waals surface area contributed by atoms with E-state index in [0.29, 0.717) is 18.1 Å². The summed E-state index contributed by atoms with van der Waals surface area (Å²) in [4.78, 5) is 6.69. The molecule has 0 spiro atoms. The molecule has 1 aromatic carbocycles. The van der Waals surface area contributed by atoms with Crippen LogP contribution in [0.3, 0.4) is 0 Å². The first-order chi connectivity index (χ1) is 10.9. The fourth-order valence-electron chi connectivity index (χ4n) is 4.14. The quantitative estimate of drug-likeness (QED) is 0.442. The largest absolute Gasteiger partial charge is 0.377 e. The molecular formula is C19H30IN3O. The second-order valence-corrected chi connectivity index (χ2v) is 7.58. The standard InChI is InChI=1S/C19H29N3O.HI/c1-13-6-8-14(9-7-13)12-22(5)18(20-4)21-16-15-10-11-23-17(15)19(16,2)3;/h6-9,15-17H,10-12H2,1-5H3,(H,20,21);1H. The first kappa shape index (κ1) is 19.5. The highest BCUT2D eigenvalue weighted by Gasteiger charge is 2.59. The molecule has 3 unspecified atom stereocenters. The first-order valence-corrected chi connectivity index (χ1v) is 8.55. The van der Waals surface area contributed by atoms with Gasteiger partial charge in [-0.2, -0.15) is 0 Å². The van der Waals surface area contributed by atoms with Crippen molar-refractivity contribution in [2.24, 2.45) is 16.3 Å². The third-order valence-corrected chi connectivity index (χ3v) is 5.50. The van der Waals surface area contributed by atoms with Crippen LogP contribution in [0.1, 0.15) is 31.4 Å². The van der Waals surface area contributed by atoms with E-state index in [1.54, 1.807) is 0 Å². The minimum atomic E-state index is 0. The average molecular weight is 443 g/mol. The molecule has 3 atom stereocenters. The van der Waals surface area contributed by atoms with Crippen LogP contribution in [0.5, 0.6) is 0 Å². The van der Waals surface area contributed by atoms with Gasteiger partial charge in [-0.15, -0.1) is 24.0 Å². The molecule has 1 saturated carbocycles. The maximum atomic E-state index is 5.89. The Balaban J connectivity index is 0.00000208. The van der Waals surface area contributed by atoms with E-state index in [-0.39, 0.29) is 29.4 Å². The minimum absolute atomic E-state index is 0. The summed E-state index contributed by atoms with van der Waals surface area (Å²) in [6.45, 7) is 8.47. The molecule has 0 bridgehead atoms. The Morgan fingerprint density at radius 3 is 2.62 bits per heavy atom. The molecular weight excluding hydrogens is 413 g/mol. The van der Waals surface area contributed by atoms with Crippen molar-refractivity contribution in [1.82, 2.24) is 10.2 Å². The molecule has 1 aromatic rings. The van der Waals surface area contributed by atoms with E-state index in [4.69, 9.17) is 4.74 Å². The van der Waals surface area contributed by atoms with Crippen LogP contribution in [0.15, 0.2) is 29.3 Å². The van der Waals surface area contributed by atoms with Gasteiger partial charge in [0.15, 0.2) is 5.96 Å². The highest BCUT2D eigenvalue weighted by Crippen LogP contribution is 2.52. The van der Waals surface area contributed by atoms with Crippen molar-refractivity contribution in [3.05, 3.63) is 35.4 Å². The zero-order valence-electron chi connectivity index (χ0n) is 15.4. The molecule has 1 aliphatic heterocycles. The number of aryl methyl sites for hydroxylation is 1. The molecule has 2 aliphatic rings. The van der Waals surface area contributed by atoms with E-state index in [9.17, 15) is 0 Å². The summed E-state index contributed by atoms with van der Waals surface area (Å²) in [6, 6.07) is 9.14. The summed E-state index contributed by atoms with van der Waals surface area (Å²) < 4.78 is 5.89. The van der Waals surface area contributed by atoms with Gasteiger partial charge in [0, 0.05) is 44.6 Å². The number of benzene rings is 1. The lowest BCUT2D eigenvalue weighted by atomic mass is 9.57. The second kappa shape index (κ2) is 7.60. The van der Waals surface area contributed by atoms with Gasteiger partial charge in [0.25, 0.3) is 0 Å². The predicted octanol–water partition coefficient (Wildman–Crippen LogP) is 3.43. The van der Waals surface area contributed by atoms with Crippen LogP contribution in [-0.4, -0.2) is 43.7 Å². The summed E-state index contributed by atoms with van der Waals surface area (Å²) in [5.74, 6) is 1.59. The van der Waals surface area contributed by atoms with Crippen molar-refractivity contribution in [3.8, 4) is 0 Å². The van der Waals surface area contributed by atoms with Crippen molar-refractivity contribution in [2.45, 2.75) is 45.9 Å². The first-order valence-electron chi connectivity index (χ1n) is 8.55. The van der Waals surface area contributed by atoms with Gasteiger partial charge in [0.1, 0.15) is 0 Å². The Morgan fingerprint density at radius 1 is 1.33 bits per heavy atom. The average Bonchev–Trinajstić information content (AvgIpc) is 2.97. The third kappa shape index (κ3) is 3.57. The van der Waals surface area contributed by atoms with E-state index in [0.717, 1.165) is 25.5 Å². The number of guanidine groups is 1. The summed E-state index contributed by atoms with van der Waals surface area (Å²) >= 11 is 0. The van der Waals surface area contributed by atoms with Crippen LogP contribution < -0.4 is 5.32 Å². The van der Waals surface area contributed by atoms with E-state index < -0.39 is 0 Å². The molecule has 134 valence electrons. The fourth-order valence-corrected chi connectivity index (χ4v) is 4.14. The van der Waals surface area contributed by atoms with Crippen molar-refractivity contribution in [3.63, 3.8) is 0 Å². The molecule has 5 heteroatoms. The predicted molar refractivity (Wildman–Crippen MR) is 110 cm³/mol. The third-order valence-electron chi connectivity index (χ3n) is 5.50. The lowest BCUT2D eigenvalue weighted by Gasteiger charge is -2.55. The van der Waals surface area contributed by atoms with Gasteiger partial charge in [-0.25, -0.2) is 0 Å². The second-order valence-electron chi connectivity index (χ2n) is 7.58. The number of hydrogen-bond acceptors (Lipinski definition) is 2. The van der Waals surface area contributed by atoms with Crippen LogP contribution in [0.25, 0.3) is 0 Å². The van der Waals surface area contributed by atoms with Gasteiger partial charge >= 0.3 is 0 Å². The number of halogens is 1. The van der Waals surface area contributed by atoms with Gasteiger partial charge in [-0.3, -0.25) is 4.99 Å². The molecule has 1 saturated heterocycles. The summed E-state index contributed by atoms with van der Waals surface area (Å²) in [7, 11) is 3.96. The van der Waals surface area contributed by atoms with E-state index >= 15 is 0 Å². The van der Waals surface area contributed by atoms with Crippen molar-refractivity contribution >= 4 is 29.9 Å². The molecule has 1 heterocycles. The van der Waals surface area contributed by atoms with Crippen LogP contribution in [0, 0.1) is 18.3 Å². The van der Waals surface area contributed by atoms with Crippen molar-refractivity contribution < 1.29 is 4.74 Å². The van der Waals surface area contributed by atoms with Crippen LogP contribution in [0.4, 0.5) is 0 Å². The van der Waals surface area contributed by atoms with Crippen LogP contribution in [0.2, 0.25) is 0 Å². The Morgan fingerprint density at radius 2 is 2.00 bits per heavy atom. The SMILES string of the molecule is CN=C(NC1C2CCOC2C1(C)C)N(C)Cc1ccc(C)cc1.I. The summed E-state index contributed by atoms with van der Waals surface area (Å²) in [5, 5.41) is 3.69. The number of ether oxygens (including phenoxy) is 1. The van der Waals surface area contributed by atoms with Gasteiger partial charge in [0.05, 0.1) is 6.10 Å². The van der Waals surface area contributed by atoms with E-state index in [2.05, 4.69) is 67.3 Å². The maximum Gasteiger partial charge on any atom is 0.193 e. The molecule has 1 aliphatic carbocycles. The van der Waals surface area contributed by atoms with Gasteiger partial charge in [-0.05, 0) is 18.9 Å². The molecule has 4 nitrogen and oxygen atoms in total. The number of aliphatic imine (C=N–C) groups is 1.